The molecule has 2 rings (SSSR count). The van der Waals surface area contributed by atoms with Crippen LogP contribution in [0.25, 0.3) is 0 Å². The van der Waals surface area contributed by atoms with Crippen molar-refractivity contribution >= 4 is 0 Å². The number of hydrogen-bond donors (Lipinski definition) is 1. The fraction of sp³-hybridized carbons (Fsp3) is 0.778. The normalized spacial score (nSPS) is 23.0. The molecule has 0 radical (unpaired) electrons. The molecule has 1 N–H and O–H groups in total. The van der Waals surface area contributed by atoms with Crippen LogP contribution in [0.3, 0.4) is 0 Å². The molecule has 6 heteroatoms. The van der Waals surface area contributed by atoms with E-state index in [1.807, 2.05) is 0 Å². The van der Waals surface area contributed by atoms with Gasteiger partial charge in [-0.25, -0.2) is 0 Å². The van der Waals surface area contributed by atoms with Gasteiger partial charge in [0.25, 0.3) is 5.89 Å². The van der Waals surface area contributed by atoms with E-state index < -0.39 is 11.8 Å². The van der Waals surface area contributed by atoms with Crippen molar-refractivity contribution in [3.8, 4) is 0 Å². The third kappa shape index (κ3) is 2.31. The Bertz CT molecular complexity index is 328. The average Bonchev–Trinajstić information content (AvgIpc) is 2.67. The van der Waals surface area contributed by atoms with Gasteiger partial charge >= 0.3 is 5.92 Å². The topological polar surface area (TPSA) is 51.0 Å². The maximum absolute atomic E-state index is 12.8. The third-order valence-electron chi connectivity index (χ3n) is 2.48. The van der Waals surface area contributed by atoms with Crippen molar-refractivity contribution in [2.24, 2.45) is 0 Å². The SMILES string of the molecule is CC(F)(F)c1nc(C2CCCNC2)no1. The Morgan fingerprint density at radius 1 is 1.53 bits per heavy atom. The summed E-state index contributed by atoms with van der Waals surface area (Å²) >= 11 is 0. The van der Waals surface area contributed by atoms with Gasteiger partial charge in [-0.1, -0.05) is 5.16 Å². The Labute approximate surface area is 86.0 Å². The van der Waals surface area contributed by atoms with E-state index in [9.17, 15) is 8.78 Å². The Morgan fingerprint density at radius 2 is 2.33 bits per heavy atom. The minimum absolute atomic E-state index is 0.0959. The van der Waals surface area contributed by atoms with Crippen LogP contribution in [0.5, 0.6) is 0 Å². The predicted octanol–water partition coefficient (Wildman–Crippen LogP) is 1.65. The van der Waals surface area contributed by atoms with Crippen LogP contribution in [0, 0.1) is 0 Å². The highest BCUT2D eigenvalue weighted by Gasteiger charge is 2.33. The molecule has 0 aromatic carbocycles. The van der Waals surface area contributed by atoms with Gasteiger partial charge in [-0.2, -0.15) is 13.8 Å². The predicted molar refractivity (Wildman–Crippen MR) is 48.7 cm³/mol. The van der Waals surface area contributed by atoms with Crippen LogP contribution in [0.15, 0.2) is 4.52 Å². The molecule has 1 saturated heterocycles. The Hall–Kier alpha value is -1.04. The first-order chi connectivity index (χ1) is 7.07. The number of rotatable bonds is 2. The molecule has 1 fully saturated rings. The highest BCUT2D eigenvalue weighted by atomic mass is 19.3. The Morgan fingerprint density at radius 3 is 2.87 bits per heavy atom. The van der Waals surface area contributed by atoms with Crippen LogP contribution in [-0.4, -0.2) is 23.2 Å². The minimum Gasteiger partial charge on any atom is -0.333 e. The van der Waals surface area contributed by atoms with Crippen molar-refractivity contribution in [2.75, 3.05) is 13.1 Å². The zero-order valence-corrected chi connectivity index (χ0v) is 8.46. The molecule has 0 aliphatic carbocycles. The highest BCUT2D eigenvalue weighted by Crippen LogP contribution is 2.27. The standard InChI is InChI=1S/C9H13F2N3O/c1-9(10,11)8-13-7(14-15-8)6-3-2-4-12-5-6/h6,12H,2-5H2,1H3. The summed E-state index contributed by atoms with van der Waals surface area (Å²) in [5.41, 5.74) is 0. The van der Waals surface area contributed by atoms with E-state index in [1.54, 1.807) is 0 Å². The molecule has 15 heavy (non-hydrogen) atoms. The summed E-state index contributed by atoms with van der Waals surface area (Å²) in [4.78, 5) is 3.74. The summed E-state index contributed by atoms with van der Waals surface area (Å²) in [6.45, 7) is 2.45. The van der Waals surface area contributed by atoms with E-state index >= 15 is 0 Å². The van der Waals surface area contributed by atoms with Gasteiger partial charge in [-0.15, -0.1) is 0 Å². The van der Waals surface area contributed by atoms with Crippen molar-refractivity contribution < 1.29 is 13.3 Å². The molecule has 0 spiro atoms. The number of piperidine rings is 1. The van der Waals surface area contributed by atoms with Crippen LogP contribution in [-0.2, 0) is 5.92 Å². The molecule has 1 aromatic rings. The molecular weight excluding hydrogens is 204 g/mol. The number of alkyl halides is 2. The fourth-order valence-electron chi connectivity index (χ4n) is 1.65. The summed E-state index contributed by atoms with van der Waals surface area (Å²) in [5.74, 6) is -3.16. The molecule has 2 heterocycles. The summed E-state index contributed by atoms with van der Waals surface area (Å²) in [6.07, 6.45) is 1.93. The number of nitrogens with zero attached hydrogens (tertiary/aromatic N) is 2. The average molecular weight is 217 g/mol. The molecule has 0 saturated carbocycles. The Balaban J connectivity index is 2.12. The first-order valence-electron chi connectivity index (χ1n) is 5.00. The van der Waals surface area contributed by atoms with Crippen LogP contribution < -0.4 is 5.32 Å². The molecular formula is C9H13F2N3O. The second kappa shape index (κ2) is 3.84. The first kappa shape index (κ1) is 10.5. The molecule has 1 unspecified atom stereocenters. The summed E-state index contributed by atoms with van der Waals surface area (Å²) in [6, 6.07) is 0. The van der Waals surface area contributed by atoms with E-state index in [0.29, 0.717) is 5.82 Å². The van der Waals surface area contributed by atoms with E-state index in [1.165, 1.54) is 0 Å². The zero-order valence-electron chi connectivity index (χ0n) is 8.46. The lowest BCUT2D eigenvalue weighted by atomic mass is 9.99. The van der Waals surface area contributed by atoms with Crippen LogP contribution in [0.2, 0.25) is 0 Å². The zero-order chi connectivity index (χ0) is 10.9. The first-order valence-corrected chi connectivity index (χ1v) is 5.00. The summed E-state index contributed by atoms with van der Waals surface area (Å²) in [7, 11) is 0. The molecule has 4 nitrogen and oxygen atoms in total. The molecule has 1 aliphatic heterocycles. The van der Waals surface area contributed by atoms with Crippen LogP contribution in [0.1, 0.15) is 37.4 Å². The highest BCUT2D eigenvalue weighted by molar-refractivity contribution is 5.00. The van der Waals surface area contributed by atoms with Gasteiger partial charge in [0.2, 0.25) is 0 Å². The molecule has 1 aromatic heterocycles. The van der Waals surface area contributed by atoms with E-state index in [2.05, 4.69) is 20.0 Å². The molecule has 1 aliphatic rings. The molecule has 1 atom stereocenters. The van der Waals surface area contributed by atoms with Gasteiger partial charge in [-0.3, -0.25) is 0 Å². The second-order valence-electron chi connectivity index (χ2n) is 3.89. The van der Waals surface area contributed by atoms with Crippen LogP contribution >= 0.6 is 0 Å². The molecule has 0 bridgehead atoms. The summed E-state index contributed by atoms with van der Waals surface area (Å²) in [5, 5.41) is 6.77. The fourth-order valence-corrected chi connectivity index (χ4v) is 1.65. The molecule has 84 valence electrons. The van der Waals surface area contributed by atoms with E-state index in [4.69, 9.17) is 0 Å². The van der Waals surface area contributed by atoms with Crippen molar-refractivity contribution in [2.45, 2.75) is 31.6 Å². The lowest BCUT2D eigenvalue weighted by molar-refractivity contribution is -0.0158. The van der Waals surface area contributed by atoms with Crippen molar-refractivity contribution in [3.63, 3.8) is 0 Å². The van der Waals surface area contributed by atoms with Crippen molar-refractivity contribution in [1.29, 1.82) is 0 Å². The Kier molecular flexibility index (Phi) is 2.68. The lowest BCUT2D eigenvalue weighted by Gasteiger charge is -2.19. The molecule has 0 amide bonds. The number of hydrogen-bond acceptors (Lipinski definition) is 4. The second-order valence-corrected chi connectivity index (χ2v) is 3.89. The van der Waals surface area contributed by atoms with Gasteiger partial charge in [0.05, 0.1) is 0 Å². The maximum atomic E-state index is 12.8. The largest absolute Gasteiger partial charge is 0.333 e. The number of nitrogens with one attached hydrogen (secondary N) is 1. The van der Waals surface area contributed by atoms with E-state index in [-0.39, 0.29) is 5.92 Å². The van der Waals surface area contributed by atoms with Crippen molar-refractivity contribution in [3.05, 3.63) is 11.7 Å². The van der Waals surface area contributed by atoms with Gasteiger partial charge in [0.1, 0.15) is 0 Å². The third-order valence-corrected chi connectivity index (χ3v) is 2.48. The smallest absolute Gasteiger partial charge is 0.322 e. The van der Waals surface area contributed by atoms with Gasteiger partial charge in [0.15, 0.2) is 5.82 Å². The number of halogens is 2. The van der Waals surface area contributed by atoms with E-state index in [0.717, 1.165) is 32.9 Å². The quantitative estimate of drug-likeness (QED) is 0.818. The van der Waals surface area contributed by atoms with Gasteiger partial charge in [0, 0.05) is 19.4 Å². The monoisotopic (exact) mass is 217 g/mol. The summed E-state index contributed by atoms with van der Waals surface area (Å²) < 4.78 is 30.2. The maximum Gasteiger partial charge on any atom is 0.322 e. The lowest BCUT2D eigenvalue weighted by Crippen LogP contribution is -2.29. The minimum atomic E-state index is -3.05. The van der Waals surface area contributed by atoms with Crippen LogP contribution in [0.4, 0.5) is 8.78 Å². The number of aromatic nitrogens is 2. The van der Waals surface area contributed by atoms with Gasteiger partial charge in [-0.05, 0) is 19.4 Å². The van der Waals surface area contributed by atoms with Crippen molar-refractivity contribution in [1.82, 2.24) is 15.5 Å². The van der Waals surface area contributed by atoms with Gasteiger partial charge < -0.3 is 9.84 Å².